The minimum atomic E-state index is -0.846. The van der Waals surface area contributed by atoms with E-state index in [0.29, 0.717) is 11.3 Å². The van der Waals surface area contributed by atoms with Crippen LogP contribution in [0.1, 0.15) is 33.1 Å². The summed E-state index contributed by atoms with van der Waals surface area (Å²) in [7, 11) is 0. The lowest BCUT2D eigenvalue weighted by Crippen LogP contribution is -2.14. The Balaban J connectivity index is 2.43. The van der Waals surface area contributed by atoms with E-state index in [1.807, 2.05) is 32.0 Å². The van der Waals surface area contributed by atoms with Gasteiger partial charge in [0.2, 0.25) is 0 Å². The lowest BCUT2D eigenvalue weighted by molar-refractivity contribution is 0.0977. The van der Waals surface area contributed by atoms with Crippen LogP contribution in [-0.4, -0.2) is 10.8 Å². The molecule has 0 N–H and O–H groups in total. The molecular weight excluding hydrogens is 236 g/mol. The molecule has 0 spiro atoms. The third kappa shape index (κ3) is 2.69. The Kier molecular flexibility index (Phi) is 3.72. The molecule has 0 saturated carbocycles. The molecule has 0 aliphatic heterocycles. The first-order valence-corrected chi connectivity index (χ1v) is 6.05. The number of nitriles is 1. The van der Waals surface area contributed by atoms with E-state index in [2.05, 4.69) is 11.1 Å². The summed E-state index contributed by atoms with van der Waals surface area (Å²) in [6.45, 7) is 3.80. The molecule has 1 heterocycles. The Morgan fingerprint density at radius 3 is 2.68 bits per heavy atom. The first kappa shape index (κ1) is 13.0. The average Bonchev–Trinajstić information content (AvgIpc) is 2.43. The van der Waals surface area contributed by atoms with Gasteiger partial charge in [0, 0.05) is 11.8 Å². The molecule has 3 nitrogen and oxygen atoms in total. The van der Waals surface area contributed by atoms with Gasteiger partial charge in [-0.3, -0.25) is 9.78 Å². The minimum absolute atomic E-state index is 0.192. The first-order valence-electron chi connectivity index (χ1n) is 6.05. The number of Topliss-reactive ketones (excluding diaryl/α,β-unsaturated/α-hetero) is 1. The maximum Gasteiger partial charge on any atom is 0.186 e. The standard InChI is InChI=1S/C16H14N2O/c1-11-6-7-12(2)13(9-11)16(19)14(10-17)15-5-3-4-8-18-15/h3-9,14H,1-2H3. The molecule has 2 aromatic rings. The topological polar surface area (TPSA) is 53.8 Å². The van der Waals surface area contributed by atoms with Crippen molar-refractivity contribution >= 4 is 5.78 Å². The van der Waals surface area contributed by atoms with Gasteiger partial charge < -0.3 is 0 Å². The van der Waals surface area contributed by atoms with Crippen LogP contribution in [0.5, 0.6) is 0 Å². The molecule has 0 fully saturated rings. The maximum absolute atomic E-state index is 12.5. The van der Waals surface area contributed by atoms with Crippen LogP contribution in [0.3, 0.4) is 0 Å². The molecule has 0 bridgehead atoms. The first-order chi connectivity index (χ1) is 9.13. The van der Waals surface area contributed by atoms with Crippen molar-refractivity contribution in [2.75, 3.05) is 0 Å². The fourth-order valence-electron chi connectivity index (χ4n) is 1.96. The van der Waals surface area contributed by atoms with Gasteiger partial charge in [0.15, 0.2) is 11.7 Å². The Hall–Kier alpha value is -2.47. The second kappa shape index (κ2) is 5.45. The van der Waals surface area contributed by atoms with Gasteiger partial charge in [0.1, 0.15) is 0 Å². The highest BCUT2D eigenvalue weighted by atomic mass is 16.1. The molecule has 94 valence electrons. The molecule has 1 unspecified atom stereocenters. The second-order valence-electron chi connectivity index (χ2n) is 4.50. The van der Waals surface area contributed by atoms with Gasteiger partial charge in [-0.2, -0.15) is 5.26 Å². The molecule has 0 amide bonds. The quantitative estimate of drug-likeness (QED) is 0.786. The molecule has 3 heteroatoms. The number of hydrogen-bond donors (Lipinski definition) is 0. The SMILES string of the molecule is Cc1ccc(C)c(C(=O)C(C#N)c2ccccn2)c1. The number of aromatic nitrogens is 1. The Morgan fingerprint density at radius 2 is 2.05 bits per heavy atom. The van der Waals surface area contributed by atoms with Crippen molar-refractivity contribution in [1.82, 2.24) is 4.98 Å². The van der Waals surface area contributed by atoms with Gasteiger partial charge in [-0.05, 0) is 37.6 Å². The minimum Gasteiger partial charge on any atom is -0.292 e. The third-order valence-electron chi connectivity index (χ3n) is 3.03. The Bertz CT molecular complexity index is 642. The number of carbonyl (C=O) groups excluding carboxylic acids is 1. The number of nitrogens with zero attached hydrogens (tertiary/aromatic N) is 2. The summed E-state index contributed by atoms with van der Waals surface area (Å²) in [5.41, 5.74) is 2.98. The van der Waals surface area contributed by atoms with Gasteiger partial charge in [0.25, 0.3) is 0 Å². The number of pyridine rings is 1. The lowest BCUT2D eigenvalue weighted by Gasteiger charge is -2.10. The summed E-state index contributed by atoms with van der Waals surface area (Å²) < 4.78 is 0. The lowest BCUT2D eigenvalue weighted by atomic mass is 9.92. The van der Waals surface area contributed by atoms with Crippen LogP contribution < -0.4 is 0 Å². The Labute approximate surface area is 112 Å². The fraction of sp³-hybridized carbons (Fsp3) is 0.188. The van der Waals surface area contributed by atoms with Crippen molar-refractivity contribution in [1.29, 1.82) is 5.26 Å². The number of carbonyl (C=O) groups is 1. The van der Waals surface area contributed by atoms with E-state index in [-0.39, 0.29) is 5.78 Å². The predicted octanol–water partition coefficient (Wildman–Crippen LogP) is 3.19. The van der Waals surface area contributed by atoms with Crippen LogP contribution in [0.25, 0.3) is 0 Å². The smallest absolute Gasteiger partial charge is 0.186 e. The second-order valence-corrected chi connectivity index (χ2v) is 4.50. The fourth-order valence-corrected chi connectivity index (χ4v) is 1.96. The van der Waals surface area contributed by atoms with E-state index >= 15 is 0 Å². The van der Waals surface area contributed by atoms with Crippen molar-refractivity contribution in [3.8, 4) is 6.07 Å². The van der Waals surface area contributed by atoms with Gasteiger partial charge in [-0.15, -0.1) is 0 Å². The van der Waals surface area contributed by atoms with Gasteiger partial charge >= 0.3 is 0 Å². The maximum atomic E-state index is 12.5. The van der Waals surface area contributed by atoms with Crippen LogP contribution in [0, 0.1) is 25.2 Å². The van der Waals surface area contributed by atoms with E-state index in [1.165, 1.54) is 0 Å². The van der Waals surface area contributed by atoms with Crippen molar-refractivity contribution in [2.45, 2.75) is 19.8 Å². The predicted molar refractivity (Wildman–Crippen MR) is 72.8 cm³/mol. The van der Waals surface area contributed by atoms with E-state index in [1.54, 1.807) is 24.4 Å². The molecule has 0 aliphatic carbocycles. The van der Waals surface area contributed by atoms with Gasteiger partial charge in [-0.25, -0.2) is 0 Å². The normalized spacial score (nSPS) is 11.6. The summed E-state index contributed by atoms with van der Waals surface area (Å²) in [6.07, 6.45) is 1.59. The van der Waals surface area contributed by atoms with Crippen molar-refractivity contribution in [3.05, 3.63) is 65.0 Å². The molecule has 1 atom stereocenters. The van der Waals surface area contributed by atoms with E-state index in [4.69, 9.17) is 0 Å². The number of rotatable bonds is 3. The van der Waals surface area contributed by atoms with Crippen molar-refractivity contribution in [3.63, 3.8) is 0 Å². The number of aryl methyl sites for hydroxylation is 2. The highest BCUT2D eigenvalue weighted by Crippen LogP contribution is 2.21. The van der Waals surface area contributed by atoms with Crippen LogP contribution in [0.4, 0.5) is 0 Å². The van der Waals surface area contributed by atoms with E-state index in [9.17, 15) is 10.1 Å². The summed E-state index contributed by atoms with van der Waals surface area (Å²) in [6, 6.07) is 13.0. The zero-order chi connectivity index (χ0) is 13.8. The van der Waals surface area contributed by atoms with Crippen LogP contribution in [0.2, 0.25) is 0 Å². The molecule has 0 aliphatic rings. The van der Waals surface area contributed by atoms with Crippen LogP contribution in [0.15, 0.2) is 42.6 Å². The molecule has 0 radical (unpaired) electrons. The van der Waals surface area contributed by atoms with E-state index in [0.717, 1.165) is 11.1 Å². The monoisotopic (exact) mass is 250 g/mol. The zero-order valence-corrected chi connectivity index (χ0v) is 10.9. The average molecular weight is 250 g/mol. The summed E-state index contributed by atoms with van der Waals surface area (Å²) in [5.74, 6) is -1.04. The van der Waals surface area contributed by atoms with Crippen LogP contribution in [-0.2, 0) is 0 Å². The van der Waals surface area contributed by atoms with Gasteiger partial charge in [-0.1, -0.05) is 23.8 Å². The van der Waals surface area contributed by atoms with E-state index < -0.39 is 5.92 Å². The highest BCUT2D eigenvalue weighted by molar-refractivity contribution is 6.03. The van der Waals surface area contributed by atoms with Crippen molar-refractivity contribution in [2.24, 2.45) is 0 Å². The van der Waals surface area contributed by atoms with Crippen LogP contribution >= 0.6 is 0 Å². The summed E-state index contributed by atoms with van der Waals surface area (Å²) >= 11 is 0. The molecule has 1 aromatic heterocycles. The number of benzene rings is 1. The molecule has 2 rings (SSSR count). The number of ketones is 1. The van der Waals surface area contributed by atoms with Gasteiger partial charge in [0.05, 0.1) is 11.8 Å². The molecule has 0 saturated heterocycles. The van der Waals surface area contributed by atoms with Crippen molar-refractivity contribution < 1.29 is 4.79 Å². The third-order valence-corrected chi connectivity index (χ3v) is 3.03. The Morgan fingerprint density at radius 1 is 1.26 bits per heavy atom. The highest BCUT2D eigenvalue weighted by Gasteiger charge is 2.24. The molecular formula is C16H14N2O. The largest absolute Gasteiger partial charge is 0.292 e. The number of hydrogen-bond acceptors (Lipinski definition) is 3. The molecule has 1 aromatic carbocycles. The molecule has 19 heavy (non-hydrogen) atoms. The zero-order valence-electron chi connectivity index (χ0n) is 10.9. The summed E-state index contributed by atoms with van der Waals surface area (Å²) in [4.78, 5) is 16.6. The summed E-state index contributed by atoms with van der Waals surface area (Å²) in [5, 5.41) is 9.26.